The van der Waals surface area contributed by atoms with Crippen LogP contribution < -0.4 is 0 Å². The maximum Gasteiger partial charge on any atom is 0.0973 e. The lowest BCUT2D eigenvalue weighted by atomic mass is 9.98. The minimum Gasteiger partial charge on any atom is -0.309 e. The second-order valence-corrected chi connectivity index (χ2v) is 16.2. The van der Waals surface area contributed by atoms with Gasteiger partial charge in [-0.2, -0.15) is 0 Å². The summed E-state index contributed by atoms with van der Waals surface area (Å²) in [5.41, 5.74) is 14.8. The standard InChI is InChI=1S/C58H36N4/c1-4-17-38(18-5-1)56-57(39-19-6-2-7-20-39)60-51-33-40(29-31-50(51)59-56)42-32-41-21-11-12-24-44(41)53(34-42)62-52-27-15-14-26-46(52)48-35-49-47-30-28-37-16-10-13-25-45(37)58(47)61(54(49)36-55(48)62)43-22-8-3-9-23-43/h1-36H. The third-order valence-corrected chi connectivity index (χ3v) is 12.6. The minimum absolute atomic E-state index is 0.858. The number of hydrogen-bond acceptors (Lipinski definition) is 2. The molecule has 13 rings (SSSR count). The van der Waals surface area contributed by atoms with Crippen molar-refractivity contribution >= 4 is 76.2 Å². The van der Waals surface area contributed by atoms with Crippen molar-refractivity contribution in [3.05, 3.63) is 218 Å². The van der Waals surface area contributed by atoms with Gasteiger partial charge in [0.1, 0.15) is 0 Å². The molecule has 3 aromatic heterocycles. The molecule has 10 aromatic carbocycles. The zero-order valence-corrected chi connectivity index (χ0v) is 33.6. The molecule has 4 nitrogen and oxygen atoms in total. The largest absolute Gasteiger partial charge is 0.309 e. The van der Waals surface area contributed by atoms with Crippen molar-refractivity contribution in [2.24, 2.45) is 0 Å². The molecule has 0 aliphatic heterocycles. The fourth-order valence-electron chi connectivity index (χ4n) is 9.81. The van der Waals surface area contributed by atoms with Crippen molar-refractivity contribution in [1.29, 1.82) is 0 Å². The van der Waals surface area contributed by atoms with Crippen molar-refractivity contribution in [2.75, 3.05) is 0 Å². The molecular formula is C58H36N4. The molecule has 3 heterocycles. The summed E-state index contributed by atoms with van der Waals surface area (Å²) in [6, 6.07) is 78.6. The van der Waals surface area contributed by atoms with E-state index < -0.39 is 0 Å². The Kier molecular flexibility index (Phi) is 7.57. The predicted octanol–water partition coefficient (Wildman–Crippen LogP) is 15.1. The Morgan fingerprint density at radius 2 is 0.887 bits per heavy atom. The number of aromatic nitrogens is 4. The van der Waals surface area contributed by atoms with Gasteiger partial charge in [-0.05, 0) is 76.5 Å². The van der Waals surface area contributed by atoms with Gasteiger partial charge < -0.3 is 9.13 Å². The Morgan fingerprint density at radius 1 is 0.290 bits per heavy atom. The molecule has 0 saturated carbocycles. The summed E-state index contributed by atoms with van der Waals surface area (Å²) in [6.07, 6.45) is 0. The smallest absolute Gasteiger partial charge is 0.0973 e. The Bertz CT molecular complexity index is 3900. The molecule has 62 heavy (non-hydrogen) atoms. The van der Waals surface area contributed by atoms with Gasteiger partial charge in [0, 0.05) is 49.1 Å². The molecule has 0 aliphatic rings. The van der Waals surface area contributed by atoms with Crippen molar-refractivity contribution in [1.82, 2.24) is 19.1 Å². The summed E-state index contributed by atoms with van der Waals surface area (Å²) in [5.74, 6) is 0. The summed E-state index contributed by atoms with van der Waals surface area (Å²) in [7, 11) is 0. The molecule has 0 saturated heterocycles. The highest BCUT2D eigenvalue weighted by Gasteiger charge is 2.21. The van der Waals surface area contributed by atoms with E-state index in [9.17, 15) is 0 Å². The summed E-state index contributed by atoms with van der Waals surface area (Å²) in [6.45, 7) is 0. The third-order valence-electron chi connectivity index (χ3n) is 12.6. The van der Waals surface area contributed by atoms with E-state index in [0.29, 0.717) is 0 Å². The van der Waals surface area contributed by atoms with E-state index in [1.165, 1.54) is 59.6 Å². The number of rotatable bonds is 5. The molecule has 0 amide bonds. The first-order chi connectivity index (χ1) is 30.7. The van der Waals surface area contributed by atoms with Crippen LogP contribution in [0.4, 0.5) is 0 Å². The summed E-state index contributed by atoms with van der Waals surface area (Å²) < 4.78 is 4.95. The Hall–Kier alpha value is -8.34. The van der Waals surface area contributed by atoms with E-state index in [-0.39, 0.29) is 0 Å². The highest BCUT2D eigenvalue weighted by Crippen LogP contribution is 2.43. The van der Waals surface area contributed by atoms with Crippen LogP contribution in [0.2, 0.25) is 0 Å². The van der Waals surface area contributed by atoms with E-state index in [2.05, 4.69) is 215 Å². The number of hydrogen-bond donors (Lipinski definition) is 0. The molecule has 13 aromatic rings. The highest BCUT2D eigenvalue weighted by atomic mass is 15.0. The summed E-state index contributed by atoms with van der Waals surface area (Å²) in [5, 5.41) is 9.78. The van der Waals surface area contributed by atoms with Gasteiger partial charge in [-0.1, -0.05) is 164 Å². The normalized spacial score (nSPS) is 11.9. The minimum atomic E-state index is 0.858. The van der Waals surface area contributed by atoms with Gasteiger partial charge >= 0.3 is 0 Å². The fourth-order valence-corrected chi connectivity index (χ4v) is 9.81. The molecule has 0 radical (unpaired) electrons. The lowest BCUT2D eigenvalue weighted by Crippen LogP contribution is -1.98. The van der Waals surface area contributed by atoms with Crippen LogP contribution in [-0.4, -0.2) is 19.1 Å². The monoisotopic (exact) mass is 788 g/mol. The van der Waals surface area contributed by atoms with Crippen LogP contribution in [0.5, 0.6) is 0 Å². The van der Waals surface area contributed by atoms with E-state index in [0.717, 1.165) is 61.6 Å². The van der Waals surface area contributed by atoms with E-state index in [1.807, 2.05) is 12.1 Å². The number of nitrogens with zero attached hydrogens (tertiary/aromatic N) is 4. The van der Waals surface area contributed by atoms with Crippen LogP contribution in [0.15, 0.2) is 218 Å². The van der Waals surface area contributed by atoms with Crippen LogP contribution in [0, 0.1) is 0 Å². The van der Waals surface area contributed by atoms with Crippen molar-refractivity contribution in [3.8, 4) is 45.0 Å². The zero-order valence-electron chi connectivity index (χ0n) is 33.6. The number of benzene rings is 10. The Morgan fingerprint density at radius 3 is 1.65 bits per heavy atom. The average Bonchev–Trinajstić information content (AvgIpc) is 3.85. The van der Waals surface area contributed by atoms with Crippen LogP contribution in [0.1, 0.15) is 0 Å². The molecule has 0 aliphatic carbocycles. The first-order valence-electron chi connectivity index (χ1n) is 21.2. The van der Waals surface area contributed by atoms with E-state index in [1.54, 1.807) is 0 Å². The molecular weight excluding hydrogens is 753 g/mol. The molecule has 0 bridgehead atoms. The maximum absolute atomic E-state index is 5.35. The van der Waals surface area contributed by atoms with Crippen molar-refractivity contribution in [2.45, 2.75) is 0 Å². The van der Waals surface area contributed by atoms with Gasteiger partial charge in [-0.25, -0.2) is 9.97 Å². The van der Waals surface area contributed by atoms with Gasteiger partial charge in [0.2, 0.25) is 0 Å². The average molecular weight is 789 g/mol. The van der Waals surface area contributed by atoms with Gasteiger partial charge in [-0.3, -0.25) is 0 Å². The molecule has 288 valence electrons. The Labute approximate surface area is 357 Å². The summed E-state index contributed by atoms with van der Waals surface area (Å²) in [4.78, 5) is 10.6. The molecule has 4 heteroatoms. The van der Waals surface area contributed by atoms with Gasteiger partial charge in [0.25, 0.3) is 0 Å². The predicted molar refractivity (Wildman–Crippen MR) is 260 cm³/mol. The Balaban J connectivity index is 1.08. The van der Waals surface area contributed by atoms with Crippen LogP contribution >= 0.6 is 0 Å². The molecule has 0 atom stereocenters. The summed E-state index contributed by atoms with van der Waals surface area (Å²) >= 11 is 0. The lowest BCUT2D eigenvalue weighted by molar-refractivity contribution is 1.17. The van der Waals surface area contributed by atoms with Crippen molar-refractivity contribution in [3.63, 3.8) is 0 Å². The number of para-hydroxylation sites is 2. The highest BCUT2D eigenvalue weighted by molar-refractivity contribution is 6.23. The second-order valence-electron chi connectivity index (χ2n) is 16.2. The molecule has 0 N–H and O–H groups in total. The third kappa shape index (κ3) is 5.27. The molecule has 0 unspecified atom stereocenters. The zero-order chi connectivity index (χ0) is 40.7. The maximum atomic E-state index is 5.35. The quantitative estimate of drug-likeness (QED) is 0.174. The number of fused-ring (bicyclic) bond motifs is 10. The van der Waals surface area contributed by atoms with E-state index in [4.69, 9.17) is 9.97 Å². The van der Waals surface area contributed by atoms with Crippen molar-refractivity contribution < 1.29 is 0 Å². The van der Waals surface area contributed by atoms with Crippen LogP contribution in [0.3, 0.4) is 0 Å². The molecule has 0 fully saturated rings. The first-order valence-corrected chi connectivity index (χ1v) is 21.2. The second kappa shape index (κ2) is 13.6. The lowest BCUT2D eigenvalue weighted by Gasteiger charge is -2.16. The van der Waals surface area contributed by atoms with Crippen LogP contribution in [-0.2, 0) is 0 Å². The van der Waals surface area contributed by atoms with Gasteiger partial charge in [-0.15, -0.1) is 0 Å². The SMILES string of the molecule is c1ccc(-c2nc3ccc(-c4cc(-n5c6ccccc6c6cc7c8ccc9ccccc9c8n(-c8ccccc8)c7cc65)c5ccccc5c4)cc3nc2-c2ccccc2)cc1. The first kappa shape index (κ1) is 34.5. The topological polar surface area (TPSA) is 35.6 Å². The van der Waals surface area contributed by atoms with E-state index >= 15 is 0 Å². The van der Waals surface area contributed by atoms with Gasteiger partial charge in [0.15, 0.2) is 0 Å². The molecule has 0 spiro atoms. The van der Waals surface area contributed by atoms with Gasteiger partial charge in [0.05, 0.1) is 50.2 Å². The van der Waals surface area contributed by atoms with Crippen LogP contribution in [0.25, 0.3) is 121 Å². The fraction of sp³-hybridized carbons (Fsp3) is 0.